The van der Waals surface area contributed by atoms with Crippen LogP contribution >= 0.6 is 0 Å². The molecule has 3 nitrogen and oxygen atoms in total. The molecule has 1 rings (SSSR count). The van der Waals surface area contributed by atoms with Gasteiger partial charge in [-0.2, -0.15) is 0 Å². The molecule has 0 saturated carbocycles. The van der Waals surface area contributed by atoms with Crippen LogP contribution in [-0.4, -0.2) is 21.9 Å². The summed E-state index contributed by atoms with van der Waals surface area (Å²) in [6.45, 7) is 5.46. The number of aryl methyl sites for hydroxylation is 1. The van der Waals surface area contributed by atoms with E-state index >= 15 is 0 Å². The largest absolute Gasteiger partial charge is 0.504 e. The maximum Gasteiger partial charge on any atom is 0.160 e. The molecule has 0 aliphatic heterocycles. The highest BCUT2D eigenvalue weighted by Gasteiger charge is 2.21. The summed E-state index contributed by atoms with van der Waals surface area (Å²) in [5, 5.41) is 27.9. The highest BCUT2D eigenvalue weighted by Crippen LogP contribution is 2.34. The van der Waals surface area contributed by atoms with Gasteiger partial charge in [0.1, 0.15) is 0 Å². The van der Waals surface area contributed by atoms with Crippen LogP contribution in [0.2, 0.25) is 0 Å². The van der Waals surface area contributed by atoms with Crippen molar-refractivity contribution in [2.24, 2.45) is 0 Å². The predicted molar refractivity (Wildman–Crippen MR) is 54.6 cm³/mol. The van der Waals surface area contributed by atoms with Crippen molar-refractivity contribution in [3.63, 3.8) is 0 Å². The first-order valence-electron chi connectivity index (χ1n) is 4.52. The number of phenolic OH excluding ortho intramolecular Hbond substituents is 2. The summed E-state index contributed by atoms with van der Waals surface area (Å²) in [7, 11) is 0. The zero-order valence-corrected chi connectivity index (χ0v) is 8.70. The Morgan fingerprint density at radius 2 is 1.79 bits per heavy atom. The van der Waals surface area contributed by atoms with Crippen molar-refractivity contribution in [2.45, 2.75) is 26.2 Å². The van der Waals surface area contributed by atoms with Crippen molar-refractivity contribution < 1.29 is 15.3 Å². The smallest absolute Gasteiger partial charge is 0.160 e. The van der Waals surface area contributed by atoms with Gasteiger partial charge in [-0.3, -0.25) is 0 Å². The monoisotopic (exact) mass is 196 g/mol. The zero-order chi connectivity index (χ0) is 10.9. The number of benzene rings is 1. The normalized spacial score (nSPS) is 11.7. The van der Waals surface area contributed by atoms with E-state index in [2.05, 4.69) is 0 Å². The van der Waals surface area contributed by atoms with Crippen molar-refractivity contribution in [1.82, 2.24) is 0 Å². The summed E-state index contributed by atoms with van der Waals surface area (Å²) in [4.78, 5) is 0. The van der Waals surface area contributed by atoms with E-state index in [1.54, 1.807) is 13.0 Å². The van der Waals surface area contributed by atoms with Gasteiger partial charge in [-0.05, 0) is 24.1 Å². The molecule has 0 atom stereocenters. The minimum atomic E-state index is -0.407. The lowest BCUT2D eigenvalue weighted by molar-refractivity contribution is 0.218. The van der Waals surface area contributed by atoms with Gasteiger partial charge in [0.15, 0.2) is 11.5 Å². The van der Waals surface area contributed by atoms with Gasteiger partial charge in [-0.15, -0.1) is 0 Å². The Bertz CT molecular complexity index is 319. The summed E-state index contributed by atoms with van der Waals surface area (Å²) in [6, 6.07) is 3.25. The summed E-state index contributed by atoms with van der Waals surface area (Å²) in [6.07, 6.45) is 0. The van der Waals surface area contributed by atoms with E-state index in [4.69, 9.17) is 5.11 Å². The predicted octanol–water partition coefficient (Wildman–Crippen LogP) is 1.68. The highest BCUT2D eigenvalue weighted by molar-refractivity contribution is 5.48. The Labute approximate surface area is 83.6 Å². The maximum absolute atomic E-state index is 9.41. The van der Waals surface area contributed by atoms with Crippen molar-refractivity contribution in [1.29, 1.82) is 0 Å². The molecule has 0 aromatic heterocycles. The molecule has 0 aliphatic carbocycles. The van der Waals surface area contributed by atoms with Gasteiger partial charge in [-0.1, -0.05) is 19.9 Å². The van der Waals surface area contributed by atoms with E-state index in [1.807, 2.05) is 13.8 Å². The fourth-order valence-electron chi connectivity index (χ4n) is 1.24. The van der Waals surface area contributed by atoms with Crippen LogP contribution in [0.5, 0.6) is 11.5 Å². The lowest BCUT2D eigenvalue weighted by Crippen LogP contribution is -2.22. The first kappa shape index (κ1) is 10.9. The third-order valence-electron chi connectivity index (χ3n) is 2.46. The molecule has 1 aromatic rings. The van der Waals surface area contributed by atoms with E-state index < -0.39 is 5.41 Å². The SMILES string of the molecule is Cc1cc(C(C)(C)CO)cc(O)c1O. The van der Waals surface area contributed by atoms with E-state index in [0.717, 1.165) is 5.56 Å². The quantitative estimate of drug-likeness (QED) is 0.631. The van der Waals surface area contributed by atoms with Crippen molar-refractivity contribution in [3.8, 4) is 11.5 Å². The van der Waals surface area contributed by atoms with Crippen molar-refractivity contribution in [2.75, 3.05) is 6.61 Å². The number of aliphatic hydroxyl groups is 1. The van der Waals surface area contributed by atoms with Crippen LogP contribution in [0.25, 0.3) is 0 Å². The second-order valence-corrected chi connectivity index (χ2v) is 4.20. The third kappa shape index (κ3) is 1.82. The van der Waals surface area contributed by atoms with E-state index in [1.165, 1.54) is 6.07 Å². The van der Waals surface area contributed by atoms with Gasteiger partial charge in [0, 0.05) is 5.41 Å². The van der Waals surface area contributed by atoms with Gasteiger partial charge < -0.3 is 15.3 Å². The Kier molecular flexibility index (Phi) is 2.71. The van der Waals surface area contributed by atoms with Gasteiger partial charge in [-0.25, -0.2) is 0 Å². The van der Waals surface area contributed by atoms with Gasteiger partial charge in [0.25, 0.3) is 0 Å². The molecule has 0 heterocycles. The highest BCUT2D eigenvalue weighted by atomic mass is 16.3. The molecule has 3 N–H and O–H groups in total. The number of phenols is 2. The molecule has 78 valence electrons. The van der Waals surface area contributed by atoms with Crippen LogP contribution in [-0.2, 0) is 5.41 Å². The number of aromatic hydroxyl groups is 2. The van der Waals surface area contributed by atoms with Gasteiger partial charge >= 0.3 is 0 Å². The molecular weight excluding hydrogens is 180 g/mol. The molecule has 0 amide bonds. The average Bonchev–Trinajstić information content (AvgIpc) is 2.13. The molecule has 0 unspecified atom stereocenters. The first-order valence-corrected chi connectivity index (χ1v) is 4.52. The molecule has 14 heavy (non-hydrogen) atoms. The van der Waals surface area contributed by atoms with Crippen LogP contribution in [0.4, 0.5) is 0 Å². The molecular formula is C11H16O3. The number of rotatable bonds is 2. The third-order valence-corrected chi connectivity index (χ3v) is 2.46. The number of hydrogen-bond donors (Lipinski definition) is 3. The van der Waals surface area contributed by atoms with E-state index in [9.17, 15) is 10.2 Å². The second kappa shape index (κ2) is 3.50. The maximum atomic E-state index is 9.41. The average molecular weight is 196 g/mol. The molecule has 0 fully saturated rings. The Morgan fingerprint density at radius 3 is 2.21 bits per heavy atom. The van der Waals surface area contributed by atoms with Gasteiger partial charge in [0.2, 0.25) is 0 Å². The van der Waals surface area contributed by atoms with Crippen LogP contribution in [0.15, 0.2) is 12.1 Å². The lowest BCUT2D eigenvalue weighted by Gasteiger charge is -2.23. The van der Waals surface area contributed by atoms with Crippen LogP contribution < -0.4 is 0 Å². The van der Waals surface area contributed by atoms with E-state index in [-0.39, 0.29) is 18.1 Å². The molecule has 0 radical (unpaired) electrons. The van der Waals surface area contributed by atoms with Crippen LogP contribution in [0, 0.1) is 6.92 Å². The van der Waals surface area contributed by atoms with Gasteiger partial charge in [0.05, 0.1) is 6.61 Å². The number of hydrogen-bond acceptors (Lipinski definition) is 3. The fourth-order valence-corrected chi connectivity index (χ4v) is 1.24. The Morgan fingerprint density at radius 1 is 1.21 bits per heavy atom. The molecule has 0 saturated heterocycles. The summed E-state index contributed by atoms with van der Waals surface area (Å²) >= 11 is 0. The summed E-state index contributed by atoms with van der Waals surface area (Å²) in [5.41, 5.74) is 1.02. The first-order chi connectivity index (χ1) is 6.38. The lowest BCUT2D eigenvalue weighted by atomic mass is 9.84. The topological polar surface area (TPSA) is 60.7 Å². The molecule has 0 bridgehead atoms. The Hall–Kier alpha value is -1.22. The van der Waals surface area contributed by atoms with E-state index in [0.29, 0.717) is 5.56 Å². The van der Waals surface area contributed by atoms with Crippen molar-refractivity contribution >= 4 is 0 Å². The molecule has 3 heteroatoms. The standard InChI is InChI=1S/C11H16O3/c1-7-4-8(11(2,3)6-12)5-9(13)10(7)14/h4-5,12-14H,6H2,1-3H3. The second-order valence-electron chi connectivity index (χ2n) is 4.20. The molecule has 0 aliphatic rings. The fraction of sp³-hybridized carbons (Fsp3) is 0.455. The Balaban J connectivity index is 3.26. The minimum Gasteiger partial charge on any atom is -0.504 e. The van der Waals surface area contributed by atoms with Crippen LogP contribution in [0.1, 0.15) is 25.0 Å². The zero-order valence-electron chi connectivity index (χ0n) is 8.70. The minimum absolute atomic E-state index is 0.00332. The number of aliphatic hydroxyl groups excluding tert-OH is 1. The van der Waals surface area contributed by atoms with Crippen molar-refractivity contribution in [3.05, 3.63) is 23.3 Å². The summed E-state index contributed by atoms with van der Waals surface area (Å²) < 4.78 is 0. The molecule has 1 aromatic carbocycles. The molecule has 0 spiro atoms. The summed E-state index contributed by atoms with van der Waals surface area (Å²) in [5.74, 6) is -0.232. The van der Waals surface area contributed by atoms with Crippen LogP contribution in [0.3, 0.4) is 0 Å².